The van der Waals surface area contributed by atoms with Crippen molar-refractivity contribution in [2.75, 3.05) is 16.5 Å². The summed E-state index contributed by atoms with van der Waals surface area (Å²) in [6, 6.07) is 13.9. The van der Waals surface area contributed by atoms with Gasteiger partial charge in [-0.3, -0.25) is 15.6 Å². The Morgan fingerprint density at radius 2 is 1.58 bits per heavy atom. The van der Waals surface area contributed by atoms with E-state index in [-0.39, 0.29) is 11.5 Å². The number of nitrogens with one attached hydrogen (secondary N) is 3. The second kappa shape index (κ2) is 7.90. The zero-order chi connectivity index (χ0) is 18.5. The number of nitrogens with zero attached hydrogens (tertiary/aromatic N) is 2. The van der Waals surface area contributed by atoms with Crippen molar-refractivity contribution < 1.29 is 4.79 Å². The Bertz CT molecular complexity index is 950. The number of para-hydroxylation sites is 1. The molecular weight excluding hydrogens is 375 g/mol. The first-order valence-electron chi connectivity index (χ1n) is 7.49. The molecule has 0 unspecified atom stereocenters. The summed E-state index contributed by atoms with van der Waals surface area (Å²) in [7, 11) is 0. The molecule has 7 nitrogen and oxygen atoms in total. The molecule has 3 rings (SSSR count). The van der Waals surface area contributed by atoms with Gasteiger partial charge in [0.15, 0.2) is 11.6 Å². The van der Waals surface area contributed by atoms with E-state index in [1.54, 1.807) is 36.4 Å². The van der Waals surface area contributed by atoms with Crippen LogP contribution in [0, 0.1) is 0 Å². The molecule has 5 N–H and O–H groups in total. The topological polar surface area (TPSA) is 105 Å². The number of hydrazine groups is 1. The van der Waals surface area contributed by atoms with E-state index in [0.29, 0.717) is 27.1 Å². The third-order valence-corrected chi connectivity index (χ3v) is 4.08. The summed E-state index contributed by atoms with van der Waals surface area (Å²) in [4.78, 5) is 20.3. The molecule has 2 aromatic carbocycles. The zero-order valence-corrected chi connectivity index (χ0v) is 14.8. The van der Waals surface area contributed by atoms with Gasteiger partial charge in [-0.15, -0.1) is 0 Å². The van der Waals surface area contributed by atoms with Crippen LogP contribution in [0.3, 0.4) is 0 Å². The van der Waals surface area contributed by atoms with Gasteiger partial charge in [0.2, 0.25) is 0 Å². The van der Waals surface area contributed by atoms with E-state index in [1.165, 1.54) is 6.33 Å². The Labute approximate surface area is 159 Å². The van der Waals surface area contributed by atoms with Crippen LogP contribution in [-0.2, 0) is 0 Å². The highest BCUT2D eigenvalue weighted by atomic mass is 35.5. The van der Waals surface area contributed by atoms with Gasteiger partial charge < -0.3 is 11.1 Å². The second-order valence-electron chi connectivity index (χ2n) is 5.15. The molecule has 9 heteroatoms. The van der Waals surface area contributed by atoms with Gasteiger partial charge in [-0.2, -0.15) is 0 Å². The monoisotopic (exact) mass is 388 g/mol. The number of hydrogen-bond acceptors (Lipinski definition) is 6. The van der Waals surface area contributed by atoms with Gasteiger partial charge in [-0.1, -0.05) is 47.5 Å². The summed E-state index contributed by atoms with van der Waals surface area (Å²) in [6.45, 7) is 0. The van der Waals surface area contributed by atoms with Crippen molar-refractivity contribution in [1.82, 2.24) is 15.4 Å². The Hall–Kier alpha value is -3.03. The molecule has 0 saturated heterocycles. The fraction of sp³-hybridized carbons (Fsp3) is 0. The van der Waals surface area contributed by atoms with Crippen molar-refractivity contribution in [2.45, 2.75) is 0 Å². The third kappa shape index (κ3) is 3.96. The summed E-state index contributed by atoms with van der Waals surface area (Å²) >= 11 is 12.1. The van der Waals surface area contributed by atoms with E-state index in [9.17, 15) is 4.79 Å². The van der Waals surface area contributed by atoms with E-state index < -0.39 is 5.91 Å². The lowest BCUT2D eigenvalue weighted by Gasteiger charge is -2.14. The number of amides is 1. The first-order chi connectivity index (χ1) is 12.6. The van der Waals surface area contributed by atoms with E-state index in [4.69, 9.17) is 28.9 Å². The van der Waals surface area contributed by atoms with Gasteiger partial charge in [0, 0.05) is 0 Å². The van der Waals surface area contributed by atoms with Gasteiger partial charge in [-0.05, 0) is 24.3 Å². The number of carbonyl (C=O) groups is 1. The lowest BCUT2D eigenvalue weighted by molar-refractivity contribution is 0.0962. The summed E-state index contributed by atoms with van der Waals surface area (Å²) in [5.74, 6) is 0.159. The molecular formula is C17H14Cl2N6O. The zero-order valence-electron chi connectivity index (χ0n) is 13.3. The number of benzene rings is 2. The lowest BCUT2D eigenvalue weighted by Crippen LogP contribution is -2.30. The number of anilines is 4. The first-order valence-corrected chi connectivity index (χ1v) is 8.25. The largest absolute Gasteiger partial charge is 0.393 e. The Morgan fingerprint density at radius 1 is 0.923 bits per heavy atom. The van der Waals surface area contributed by atoms with Gasteiger partial charge >= 0.3 is 0 Å². The highest BCUT2D eigenvalue weighted by Gasteiger charge is 2.12. The molecule has 0 aliphatic heterocycles. The fourth-order valence-corrected chi connectivity index (χ4v) is 2.52. The molecule has 0 radical (unpaired) electrons. The van der Waals surface area contributed by atoms with Crippen LogP contribution in [0.2, 0.25) is 10.0 Å². The van der Waals surface area contributed by atoms with E-state index >= 15 is 0 Å². The molecule has 3 aromatic rings. The third-order valence-electron chi connectivity index (χ3n) is 3.42. The molecule has 0 aliphatic rings. The second-order valence-corrected chi connectivity index (χ2v) is 5.96. The van der Waals surface area contributed by atoms with Crippen LogP contribution < -0.4 is 21.9 Å². The van der Waals surface area contributed by atoms with E-state index in [2.05, 4.69) is 26.1 Å². The maximum absolute atomic E-state index is 12.2. The fourth-order valence-electron chi connectivity index (χ4n) is 2.11. The average Bonchev–Trinajstić information content (AvgIpc) is 2.64. The Kier molecular flexibility index (Phi) is 5.40. The molecule has 132 valence electrons. The maximum Gasteiger partial charge on any atom is 0.271 e. The van der Waals surface area contributed by atoms with Crippen LogP contribution in [0.5, 0.6) is 0 Å². The van der Waals surface area contributed by atoms with Crippen LogP contribution >= 0.6 is 23.2 Å². The number of rotatable bonds is 5. The minimum Gasteiger partial charge on any atom is -0.393 e. The molecule has 0 bridgehead atoms. The van der Waals surface area contributed by atoms with Crippen molar-refractivity contribution in [2.24, 2.45) is 0 Å². The average molecular weight is 389 g/mol. The van der Waals surface area contributed by atoms with Gasteiger partial charge in [0.05, 0.1) is 21.3 Å². The smallest absolute Gasteiger partial charge is 0.271 e. The minimum atomic E-state index is -0.422. The quantitative estimate of drug-likeness (QED) is 0.494. The van der Waals surface area contributed by atoms with Crippen molar-refractivity contribution in [3.05, 3.63) is 70.5 Å². The number of hydrogen-bond donors (Lipinski definition) is 4. The summed E-state index contributed by atoms with van der Waals surface area (Å²) in [6.07, 6.45) is 1.31. The van der Waals surface area contributed by atoms with E-state index in [0.717, 1.165) is 0 Å². The van der Waals surface area contributed by atoms with Crippen molar-refractivity contribution in [3.63, 3.8) is 0 Å². The maximum atomic E-state index is 12.2. The van der Waals surface area contributed by atoms with Crippen LogP contribution in [0.4, 0.5) is 23.0 Å². The number of nitrogen functional groups attached to an aromatic ring is 1. The minimum absolute atomic E-state index is 0.215. The lowest BCUT2D eigenvalue weighted by atomic mass is 10.2. The molecule has 1 heterocycles. The summed E-state index contributed by atoms with van der Waals surface area (Å²) < 4.78 is 0. The van der Waals surface area contributed by atoms with Crippen LogP contribution in [0.1, 0.15) is 10.4 Å². The molecule has 0 spiro atoms. The number of aromatic nitrogens is 2. The molecule has 0 fully saturated rings. The van der Waals surface area contributed by atoms with Gasteiger partial charge in [-0.25, -0.2) is 9.97 Å². The highest BCUT2D eigenvalue weighted by molar-refractivity contribution is 6.34. The van der Waals surface area contributed by atoms with Crippen molar-refractivity contribution in [1.29, 1.82) is 0 Å². The number of carbonyl (C=O) groups excluding carboxylic acids is 1. The number of halogens is 2. The van der Waals surface area contributed by atoms with Crippen LogP contribution in [0.25, 0.3) is 0 Å². The predicted octanol–water partition coefficient (Wildman–Crippen LogP) is 3.87. The molecule has 0 saturated carbocycles. The van der Waals surface area contributed by atoms with Gasteiger partial charge in [0.1, 0.15) is 12.0 Å². The molecule has 0 aliphatic carbocycles. The van der Waals surface area contributed by atoms with Gasteiger partial charge in [0.25, 0.3) is 5.91 Å². The SMILES string of the molecule is Nc1c(NNC(=O)c2ccccc2Cl)ncnc1Nc1ccccc1Cl. The normalized spacial score (nSPS) is 10.2. The Morgan fingerprint density at radius 3 is 2.31 bits per heavy atom. The van der Waals surface area contributed by atoms with E-state index in [1.807, 2.05) is 12.1 Å². The van der Waals surface area contributed by atoms with Crippen molar-refractivity contribution in [3.8, 4) is 0 Å². The molecule has 26 heavy (non-hydrogen) atoms. The molecule has 1 amide bonds. The van der Waals surface area contributed by atoms with Crippen molar-refractivity contribution >= 4 is 52.1 Å². The Balaban J connectivity index is 1.74. The summed E-state index contributed by atoms with van der Waals surface area (Å²) in [5, 5.41) is 3.88. The summed E-state index contributed by atoms with van der Waals surface area (Å²) in [5.41, 5.74) is 12.4. The highest BCUT2D eigenvalue weighted by Crippen LogP contribution is 2.29. The molecule has 1 aromatic heterocycles. The van der Waals surface area contributed by atoms with Crippen LogP contribution in [-0.4, -0.2) is 15.9 Å². The van der Waals surface area contributed by atoms with Crippen LogP contribution in [0.15, 0.2) is 54.9 Å². The molecule has 0 atom stereocenters. The predicted molar refractivity (Wildman–Crippen MR) is 104 cm³/mol. The number of nitrogens with two attached hydrogens (primary N) is 1. The standard InChI is InChI=1S/C17H14Cl2N6O/c18-11-6-2-1-5-10(11)17(26)25-24-16-14(20)15(21-9-22-16)23-13-8-4-3-7-12(13)19/h1-9H,20H2,(H,25,26)(H2,21,22,23,24). The first kappa shape index (κ1) is 17.8.